The minimum absolute atomic E-state index is 0. The van der Waals surface area contributed by atoms with E-state index in [1.54, 1.807) is 22.9 Å². The molecule has 0 amide bonds. The predicted molar refractivity (Wildman–Crippen MR) is 120 cm³/mol. The fourth-order valence-corrected chi connectivity index (χ4v) is 4.32. The van der Waals surface area contributed by atoms with Crippen LogP contribution in [0.5, 0.6) is 0 Å². The molecule has 32 heavy (non-hydrogen) atoms. The van der Waals surface area contributed by atoms with Crippen LogP contribution in [0.25, 0.3) is 16.7 Å². The maximum absolute atomic E-state index is 13.3. The van der Waals surface area contributed by atoms with Gasteiger partial charge in [0.25, 0.3) is 0 Å². The van der Waals surface area contributed by atoms with Gasteiger partial charge in [0.15, 0.2) is 5.65 Å². The van der Waals surface area contributed by atoms with Crippen LogP contribution in [0.4, 0.5) is 4.39 Å². The van der Waals surface area contributed by atoms with Crippen molar-refractivity contribution in [1.82, 2.24) is 29.0 Å². The number of morpholine rings is 1. The molecule has 3 aromatic heterocycles. The molecule has 1 aliphatic rings. The van der Waals surface area contributed by atoms with Gasteiger partial charge in [-0.3, -0.25) is 9.47 Å². The Labute approximate surface area is 185 Å². The fraction of sp³-hybridized carbons (Fsp3) is 0.391. The van der Waals surface area contributed by atoms with Crippen LogP contribution in [0.2, 0.25) is 0 Å². The molecule has 168 valence electrons. The smallest absolute Gasteiger partial charge is 0.352 e. The van der Waals surface area contributed by atoms with E-state index in [1.165, 1.54) is 23.0 Å². The van der Waals surface area contributed by atoms with Gasteiger partial charge in [0.1, 0.15) is 17.8 Å². The summed E-state index contributed by atoms with van der Waals surface area (Å²) in [6.45, 7) is 6.86. The number of hydrogen-bond donors (Lipinski definition) is 0. The van der Waals surface area contributed by atoms with Crippen LogP contribution in [0.3, 0.4) is 0 Å². The number of rotatable bonds is 4. The van der Waals surface area contributed by atoms with E-state index in [0.717, 1.165) is 36.1 Å². The maximum Gasteiger partial charge on any atom is 0.352 e. The van der Waals surface area contributed by atoms with Gasteiger partial charge >= 0.3 is 5.69 Å². The van der Waals surface area contributed by atoms with Gasteiger partial charge < -0.3 is 4.74 Å². The van der Waals surface area contributed by atoms with Gasteiger partial charge in [-0.2, -0.15) is 9.61 Å². The summed E-state index contributed by atoms with van der Waals surface area (Å²) in [5.74, 6) is -0.317. The summed E-state index contributed by atoms with van der Waals surface area (Å²) in [5, 5.41) is 4.86. The van der Waals surface area contributed by atoms with Crippen molar-refractivity contribution < 1.29 is 9.13 Å². The maximum atomic E-state index is 13.3. The predicted octanol–water partition coefficient (Wildman–Crippen LogP) is 2.87. The van der Waals surface area contributed by atoms with E-state index in [-0.39, 0.29) is 37.7 Å². The summed E-state index contributed by atoms with van der Waals surface area (Å²) in [7, 11) is 0. The molecule has 5 rings (SSSR count). The van der Waals surface area contributed by atoms with Crippen molar-refractivity contribution in [2.24, 2.45) is 0 Å². The lowest BCUT2D eigenvalue weighted by Gasteiger charge is -2.35. The molecule has 8 nitrogen and oxygen atoms in total. The molecule has 2 atom stereocenters. The highest BCUT2D eigenvalue weighted by atomic mass is 19.1. The zero-order valence-corrected chi connectivity index (χ0v) is 17.4. The summed E-state index contributed by atoms with van der Waals surface area (Å²) < 4.78 is 22.0. The largest absolute Gasteiger partial charge is 0.373 e. The van der Waals surface area contributed by atoms with Crippen LogP contribution in [0.1, 0.15) is 32.4 Å². The van der Waals surface area contributed by atoms with Crippen LogP contribution >= 0.6 is 0 Å². The van der Waals surface area contributed by atoms with Gasteiger partial charge in [0.2, 0.25) is 0 Å². The number of fused-ring (bicyclic) bond motifs is 3. The fourth-order valence-electron chi connectivity index (χ4n) is 4.32. The Morgan fingerprint density at radius 2 is 1.75 bits per heavy atom. The third kappa shape index (κ3) is 4.13. The van der Waals surface area contributed by atoms with Gasteiger partial charge in [-0.25, -0.2) is 19.2 Å². The normalized spacial score (nSPS) is 19.3. The molecular formula is C23H27FN6O2. The minimum Gasteiger partial charge on any atom is -0.373 e. The van der Waals surface area contributed by atoms with Crippen LogP contribution in [-0.2, 0) is 17.8 Å². The van der Waals surface area contributed by atoms with Crippen molar-refractivity contribution in [1.29, 1.82) is 0 Å². The summed E-state index contributed by atoms with van der Waals surface area (Å²) in [6.07, 6.45) is 3.54. The molecule has 1 aromatic carbocycles. The average Bonchev–Trinajstić information content (AvgIpc) is 3.22. The first kappa shape index (κ1) is 22.0. The lowest BCUT2D eigenvalue weighted by molar-refractivity contribution is -0.0705. The van der Waals surface area contributed by atoms with Crippen LogP contribution in [0, 0.1) is 5.82 Å². The van der Waals surface area contributed by atoms with Crippen molar-refractivity contribution in [2.75, 3.05) is 13.1 Å². The van der Waals surface area contributed by atoms with Crippen molar-refractivity contribution in [2.45, 2.75) is 46.6 Å². The van der Waals surface area contributed by atoms with Gasteiger partial charge in [0.05, 0.1) is 24.1 Å². The molecule has 0 N–H and O–H groups in total. The van der Waals surface area contributed by atoms with E-state index < -0.39 is 0 Å². The highest BCUT2D eigenvalue weighted by Crippen LogP contribution is 2.20. The summed E-state index contributed by atoms with van der Waals surface area (Å²) in [4.78, 5) is 24.3. The van der Waals surface area contributed by atoms with Gasteiger partial charge in [-0.15, -0.1) is 0 Å². The van der Waals surface area contributed by atoms with E-state index in [1.807, 2.05) is 6.07 Å². The van der Waals surface area contributed by atoms with E-state index in [2.05, 4.69) is 33.8 Å². The molecule has 0 radical (unpaired) electrons. The molecule has 4 heterocycles. The second-order valence-corrected chi connectivity index (χ2v) is 8.16. The van der Waals surface area contributed by atoms with Crippen LogP contribution in [0.15, 0.2) is 47.7 Å². The number of pyridine rings is 1. The Morgan fingerprint density at radius 1 is 1.03 bits per heavy atom. The first-order chi connectivity index (χ1) is 15.0. The molecule has 1 aliphatic heterocycles. The average molecular weight is 439 g/mol. The van der Waals surface area contributed by atoms with E-state index >= 15 is 0 Å². The Hall–Kier alpha value is -3.17. The number of aromatic nitrogens is 5. The SMILES string of the molecule is C.C[C@@H]1CN(Cc2cnc3c(c2)c2ncnn2c(=O)n3Cc2ccc(F)cc2)C[C@H](C)O1. The van der Waals surface area contributed by atoms with Gasteiger partial charge in [-0.1, -0.05) is 19.6 Å². The zero-order valence-electron chi connectivity index (χ0n) is 17.4. The van der Waals surface area contributed by atoms with E-state index in [4.69, 9.17) is 4.74 Å². The van der Waals surface area contributed by atoms with Crippen molar-refractivity contribution in [3.05, 3.63) is 70.3 Å². The molecule has 0 saturated carbocycles. The summed E-state index contributed by atoms with van der Waals surface area (Å²) in [6, 6.07) is 8.11. The standard InChI is InChI=1S/C22H23FN6O2.CH4/c1-14-9-27(10-15(2)31-14)11-17-7-19-20(24-8-17)28(12-16-3-5-18(23)6-4-16)22(30)29-21(19)25-13-26-29;/h3-8,13-15H,9-12H2,1-2H3;1H4/t14-,15+;. The highest BCUT2D eigenvalue weighted by molar-refractivity contribution is 5.89. The molecule has 0 aliphatic carbocycles. The Morgan fingerprint density at radius 3 is 2.47 bits per heavy atom. The zero-order chi connectivity index (χ0) is 21.5. The van der Waals surface area contributed by atoms with Gasteiger partial charge in [0, 0.05) is 25.8 Å². The molecule has 9 heteroatoms. The third-order valence-electron chi connectivity index (χ3n) is 5.54. The third-order valence-corrected chi connectivity index (χ3v) is 5.54. The first-order valence-electron chi connectivity index (χ1n) is 10.3. The summed E-state index contributed by atoms with van der Waals surface area (Å²) >= 11 is 0. The lowest BCUT2D eigenvalue weighted by Crippen LogP contribution is -2.44. The number of benzene rings is 1. The minimum atomic E-state index is -0.333. The second kappa shape index (κ2) is 8.76. The molecule has 0 bridgehead atoms. The van der Waals surface area contributed by atoms with E-state index in [9.17, 15) is 9.18 Å². The molecule has 4 aromatic rings. The lowest BCUT2D eigenvalue weighted by atomic mass is 10.1. The molecule has 0 spiro atoms. The van der Waals surface area contributed by atoms with Crippen molar-refractivity contribution in [3.8, 4) is 0 Å². The Kier molecular flexibility index (Phi) is 6.03. The number of hydrogen-bond acceptors (Lipinski definition) is 6. The molecule has 1 fully saturated rings. The summed E-state index contributed by atoms with van der Waals surface area (Å²) in [5.41, 5.74) is 2.51. The number of ether oxygens (including phenoxy) is 1. The van der Waals surface area contributed by atoms with E-state index in [0.29, 0.717) is 11.3 Å². The highest BCUT2D eigenvalue weighted by Gasteiger charge is 2.23. The van der Waals surface area contributed by atoms with Crippen LogP contribution < -0.4 is 5.69 Å². The topological polar surface area (TPSA) is 77.6 Å². The van der Waals surface area contributed by atoms with Crippen molar-refractivity contribution >= 4 is 16.7 Å². The quantitative estimate of drug-likeness (QED) is 0.488. The number of nitrogens with zero attached hydrogens (tertiary/aromatic N) is 6. The monoisotopic (exact) mass is 438 g/mol. The Balaban J connectivity index is 0.00000245. The molecule has 1 saturated heterocycles. The Bertz CT molecular complexity index is 1290. The molecule has 0 unspecified atom stereocenters. The molecular weight excluding hydrogens is 411 g/mol. The van der Waals surface area contributed by atoms with Gasteiger partial charge in [-0.05, 0) is 43.2 Å². The second-order valence-electron chi connectivity index (χ2n) is 8.16. The first-order valence-corrected chi connectivity index (χ1v) is 10.3. The van der Waals surface area contributed by atoms with Crippen LogP contribution in [-0.4, -0.2) is 54.3 Å². The van der Waals surface area contributed by atoms with Crippen molar-refractivity contribution in [3.63, 3.8) is 0 Å². The number of halogens is 1.